The summed E-state index contributed by atoms with van der Waals surface area (Å²) < 4.78 is 5.06. The Bertz CT molecular complexity index is 577. The molecule has 0 aliphatic heterocycles. The molecule has 94 valence electrons. The molecule has 0 saturated carbocycles. The molecule has 18 heavy (non-hydrogen) atoms. The predicted molar refractivity (Wildman–Crippen MR) is 67.9 cm³/mol. The zero-order valence-corrected chi connectivity index (χ0v) is 9.93. The number of rotatable bonds is 4. The van der Waals surface area contributed by atoms with Crippen LogP contribution in [0.25, 0.3) is 0 Å². The summed E-state index contributed by atoms with van der Waals surface area (Å²) in [5.74, 6) is 0.142. The predicted octanol–water partition coefficient (Wildman–Crippen LogP) is 1.28. The van der Waals surface area contributed by atoms with Gasteiger partial charge in [0, 0.05) is 6.07 Å². The van der Waals surface area contributed by atoms with Crippen molar-refractivity contribution >= 4 is 17.3 Å². The van der Waals surface area contributed by atoms with E-state index >= 15 is 0 Å². The van der Waals surface area contributed by atoms with E-state index in [-0.39, 0.29) is 0 Å². The first-order chi connectivity index (χ1) is 8.58. The molecule has 2 aromatic rings. The molecule has 1 aromatic heterocycles. The lowest BCUT2D eigenvalue weighted by Crippen LogP contribution is -2.14. The third-order valence-corrected chi connectivity index (χ3v) is 2.50. The number of hydrogen-bond donors (Lipinski definition) is 3. The number of nitrogens with zero attached hydrogens (tertiary/aromatic N) is 1. The normalized spacial score (nSPS) is 10.3. The standard InChI is InChI=1S/C12H14N4O2/c1-7-5-8(18-16-7)6-15-10-4-2-3-9(11(10)13)12(14)17/h2-5,15H,6,13H2,1H3,(H2,14,17). The lowest BCUT2D eigenvalue weighted by molar-refractivity contribution is 0.100. The number of anilines is 2. The second-order valence-corrected chi connectivity index (χ2v) is 3.92. The number of carbonyl (C=O) groups is 1. The topological polar surface area (TPSA) is 107 Å². The summed E-state index contributed by atoms with van der Waals surface area (Å²) in [6.07, 6.45) is 0. The minimum atomic E-state index is -0.549. The first-order valence-electron chi connectivity index (χ1n) is 5.42. The van der Waals surface area contributed by atoms with Crippen molar-refractivity contribution in [2.45, 2.75) is 13.5 Å². The summed E-state index contributed by atoms with van der Waals surface area (Å²) in [6.45, 7) is 2.28. The number of nitrogens with one attached hydrogen (secondary N) is 1. The van der Waals surface area contributed by atoms with E-state index in [0.717, 1.165) is 5.69 Å². The molecular formula is C12H14N4O2. The maximum Gasteiger partial charge on any atom is 0.250 e. The number of benzene rings is 1. The highest BCUT2D eigenvalue weighted by Gasteiger charge is 2.09. The number of amides is 1. The van der Waals surface area contributed by atoms with Crippen LogP contribution in [-0.4, -0.2) is 11.1 Å². The van der Waals surface area contributed by atoms with Crippen molar-refractivity contribution in [3.63, 3.8) is 0 Å². The van der Waals surface area contributed by atoms with E-state index in [1.807, 2.05) is 13.0 Å². The number of aryl methyl sites for hydroxylation is 1. The summed E-state index contributed by atoms with van der Waals surface area (Å²) in [6, 6.07) is 6.89. The van der Waals surface area contributed by atoms with Gasteiger partial charge in [0.05, 0.1) is 29.2 Å². The van der Waals surface area contributed by atoms with E-state index in [9.17, 15) is 4.79 Å². The molecule has 1 heterocycles. The van der Waals surface area contributed by atoms with Gasteiger partial charge in [0.2, 0.25) is 0 Å². The molecule has 5 N–H and O–H groups in total. The summed E-state index contributed by atoms with van der Waals surface area (Å²) in [5.41, 5.74) is 13.1. The highest BCUT2D eigenvalue weighted by atomic mass is 16.5. The average Bonchev–Trinajstić information content (AvgIpc) is 2.73. The molecule has 0 radical (unpaired) electrons. The van der Waals surface area contributed by atoms with Crippen molar-refractivity contribution in [2.24, 2.45) is 5.73 Å². The Morgan fingerprint density at radius 3 is 2.89 bits per heavy atom. The van der Waals surface area contributed by atoms with Crippen LogP contribution in [0.3, 0.4) is 0 Å². The van der Waals surface area contributed by atoms with Gasteiger partial charge in [-0.05, 0) is 19.1 Å². The van der Waals surface area contributed by atoms with Crippen molar-refractivity contribution in [2.75, 3.05) is 11.1 Å². The zero-order chi connectivity index (χ0) is 13.1. The Kier molecular flexibility index (Phi) is 3.18. The van der Waals surface area contributed by atoms with Gasteiger partial charge in [0.25, 0.3) is 5.91 Å². The molecule has 1 amide bonds. The van der Waals surface area contributed by atoms with Crippen LogP contribution in [0.2, 0.25) is 0 Å². The minimum Gasteiger partial charge on any atom is -0.396 e. The summed E-state index contributed by atoms with van der Waals surface area (Å²) in [4.78, 5) is 11.1. The zero-order valence-electron chi connectivity index (χ0n) is 9.93. The largest absolute Gasteiger partial charge is 0.396 e. The van der Waals surface area contributed by atoms with Crippen LogP contribution in [-0.2, 0) is 6.54 Å². The molecule has 0 aliphatic rings. The highest BCUT2D eigenvalue weighted by Crippen LogP contribution is 2.23. The van der Waals surface area contributed by atoms with Crippen LogP contribution in [0.5, 0.6) is 0 Å². The third-order valence-electron chi connectivity index (χ3n) is 2.50. The lowest BCUT2D eigenvalue weighted by atomic mass is 10.1. The fourth-order valence-corrected chi connectivity index (χ4v) is 1.62. The molecule has 0 aliphatic carbocycles. The van der Waals surface area contributed by atoms with Gasteiger partial charge in [-0.1, -0.05) is 11.2 Å². The van der Waals surface area contributed by atoms with Crippen LogP contribution in [0.1, 0.15) is 21.8 Å². The lowest BCUT2D eigenvalue weighted by Gasteiger charge is -2.09. The van der Waals surface area contributed by atoms with Crippen molar-refractivity contribution in [1.29, 1.82) is 0 Å². The molecule has 2 rings (SSSR count). The Morgan fingerprint density at radius 2 is 2.28 bits per heavy atom. The van der Waals surface area contributed by atoms with Gasteiger partial charge in [-0.2, -0.15) is 0 Å². The van der Waals surface area contributed by atoms with E-state index in [2.05, 4.69) is 10.5 Å². The molecular weight excluding hydrogens is 232 g/mol. The van der Waals surface area contributed by atoms with Gasteiger partial charge in [-0.25, -0.2) is 0 Å². The van der Waals surface area contributed by atoms with E-state index in [4.69, 9.17) is 16.0 Å². The average molecular weight is 246 g/mol. The Labute approximate surface area is 104 Å². The van der Waals surface area contributed by atoms with Crippen LogP contribution >= 0.6 is 0 Å². The Hall–Kier alpha value is -2.50. The molecule has 6 heteroatoms. The van der Waals surface area contributed by atoms with Crippen molar-refractivity contribution in [3.8, 4) is 0 Å². The number of nitrogen functional groups attached to an aromatic ring is 1. The van der Waals surface area contributed by atoms with Crippen molar-refractivity contribution in [3.05, 3.63) is 41.3 Å². The van der Waals surface area contributed by atoms with E-state index in [1.54, 1.807) is 18.2 Å². The summed E-state index contributed by atoms with van der Waals surface area (Å²) in [7, 11) is 0. The van der Waals surface area contributed by atoms with Gasteiger partial charge < -0.3 is 21.3 Å². The van der Waals surface area contributed by atoms with E-state index in [0.29, 0.717) is 29.2 Å². The summed E-state index contributed by atoms with van der Waals surface area (Å²) >= 11 is 0. The van der Waals surface area contributed by atoms with Crippen molar-refractivity contribution < 1.29 is 9.32 Å². The smallest absolute Gasteiger partial charge is 0.250 e. The molecule has 0 spiro atoms. The molecule has 0 saturated heterocycles. The second-order valence-electron chi connectivity index (χ2n) is 3.92. The third kappa shape index (κ3) is 2.42. The molecule has 0 unspecified atom stereocenters. The first-order valence-corrected chi connectivity index (χ1v) is 5.42. The highest BCUT2D eigenvalue weighted by molar-refractivity contribution is 6.00. The Balaban J connectivity index is 2.14. The van der Waals surface area contributed by atoms with Crippen LogP contribution in [0, 0.1) is 6.92 Å². The minimum absolute atomic E-state index is 0.300. The monoisotopic (exact) mass is 246 g/mol. The van der Waals surface area contributed by atoms with Crippen LogP contribution in [0.15, 0.2) is 28.8 Å². The number of hydrogen-bond acceptors (Lipinski definition) is 5. The number of nitrogens with two attached hydrogens (primary N) is 2. The summed E-state index contributed by atoms with van der Waals surface area (Å²) in [5, 5.41) is 6.85. The molecule has 0 bridgehead atoms. The number of aromatic nitrogens is 1. The molecule has 0 fully saturated rings. The van der Waals surface area contributed by atoms with Crippen LogP contribution < -0.4 is 16.8 Å². The fraction of sp³-hybridized carbons (Fsp3) is 0.167. The first kappa shape index (κ1) is 12.0. The SMILES string of the molecule is Cc1cc(CNc2cccc(C(N)=O)c2N)on1. The van der Waals surface area contributed by atoms with E-state index < -0.39 is 5.91 Å². The van der Waals surface area contributed by atoms with Gasteiger partial charge >= 0.3 is 0 Å². The van der Waals surface area contributed by atoms with Gasteiger partial charge in [0.1, 0.15) is 0 Å². The van der Waals surface area contributed by atoms with E-state index in [1.165, 1.54) is 0 Å². The second kappa shape index (κ2) is 4.79. The van der Waals surface area contributed by atoms with Gasteiger partial charge in [-0.15, -0.1) is 0 Å². The molecule has 0 atom stereocenters. The quantitative estimate of drug-likeness (QED) is 0.704. The maximum atomic E-state index is 11.1. The molecule has 6 nitrogen and oxygen atoms in total. The number of primary amides is 1. The van der Waals surface area contributed by atoms with Gasteiger partial charge in [0.15, 0.2) is 5.76 Å². The van der Waals surface area contributed by atoms with Crippen molar-refractivity contribution in [1.82, 2.24) is 5.16 Å². The van der Waals surface area contributed by atoms with Gasteiger partial charge in [-0.3, -0.25) is 4.79 Å². The maximum absolute atomic E-state index is 11.1. The Morgan fingerprint density at radius 1 is 1.50 bits per heavy atom. The molecule has 1 aromatic carbocycles. The fourth-order valence-electron chi connectivity index (χ4n) is 1.62. The number of carbonyl (C=O) groups excluding carboxylic acids is 1. The van der Waals surface area contributed by atoms with Crippen LogP contribution in [0.4, 0.5) is 11.4 Å². The number of para-hydroxylation sites is 1.